The summed E-state index contributed by atoms with van der Waals surface area (Å²) in [6.45, 7) is 0. The van der Waals surface area contributed by atoms with E-state index in [1.165, 1.54) is 0 Å². The summed E-state index contributed by atoms with van der Waals surface area (Å²) in [5, 5.41) is 0. The summed E-state index contributed by atoms with van der Waals surface area (Å²) in [5.74, 6) is 0. The minimum atomic E-state index is 0. The van der Waals surface area contributed by atoms with Gasteiger partial charge in [-0.1, -0.05) is 18.2 Å². The first kappa shape index (κ1) is 6.98. The van der Waals surface area contributed by atoms with E-state index in [1.54, 1.807) is 0 Å². The number of benzene rings is 1. The molecule has 0 aliphatic heterocycles. The Hall–Kier alpha value is -1.02. The molecule has 0 saturated heterocycles. The molecule has 1 aromatic rings. The molecule has 0 bridgehead atoms. The van der Waals surface area contributed by atoms with Crippen molar-refractivity contribution in [1.82, 2.24) is 6.15 Å². The van der Waals surface area contributed by atoms with Crippen LogP contribution in [0.4, 0.5) is 5.69 Å². The molecule has 0 fully saturated rings. The molecule has 0 unspecified atom stereocenters. The number of anilines is 1. The van der Waals surface area contributed by atoms with Gasteiger partial charge in [0, 0.05) is 11.8 Å². The second-order valence-corrected chi connectivity index (χ2v) is 1.41. The van der Waals surface area contributed by atoms with Gasteiger partial charge in [-0.05, 0) is 12.1 Å². The van der Waals surface area contributed by atoms with Crippen LogP contribution >= 0.6 is 0 Å². The van der Waals surface area contributed by atoms with Crippen molar-refractivity contribution < 1.29 is 0 Å². The fourth-order valence-electron chi connectivity index (χ4n) is 0.453. The van der Waals surface area contributed by atoms with Crippen LogP contribution in [0.25, 0.3) is 0 Å². The highest BCUT2D eigenvalue weighted by molar-refractivity contribution is 5.35. The van der Waals surface area contributed by atoms with Crippen LogP contribution in [-0.2, 0) is 0 Å². The van der Waals surface area contributed by atoms with Crippen LogP contribution in [0.2, 0.25) is 0 Å². The Morgan fingerprint density at radius 1 is 1.00 bits per heavy atom. The molecular formula is C6H7N2. The summed E-state index contributed by atoms with van der Waals surface area (Å²) in [6.07, 6.45) is 0. The van der Waals surface area contributed by atoms with Crippen LogP contribution in [0.1, 0.15) is 0 Å². The molecule has 0 aliphatic rings. The number of nitrogens with zero attached hydrogens (tertiary/aromatic N) is 1. The quantitative estimate of drug-likeness (QED) is 0.489. The van der Waals surface area contributed by atoms with Gasteiger partial charge in [-0.3, -0.25) is 0 Å². The molecular weight excluding hydrogens is 100 g/mol. The largest absolute Gasteiger partial charge is 0.399 e. The monoisotopic (exact) mass is 107 g/mol. The van der Waals surface area contributed by atoms with Crippen LogP contribution in [0.5, 0.6) is 0 Å². The standard InChI is InChI=1S/C6H7N.N/c7-6-4-2-1-3-5-6;/h1-5H,7H2;. The summed E-state index contributed by atoms with van der Waals surface area (Å²) >= 11 is 0. The van der Waals surface area contributed by atoms with E-state index in [2.05, 4.69) is 0 Å². The Morgan fingerprint density at radius 2 is 1.50 bits per heavy atom. The maximum Gasteiger partial charge on any atom is 0.0313 e. The minimum absolute atomic E-state index is 0. The first-order valence-electron chi connectivity index (χ1n) is 2.20. The van der Waals surface area contributed by atoms with E-state index in [-0.39, 0.29) is 6.15 Å². The zero-order chi connectivity index (χ0) is 5.11. The van der Waals surface area contributed by atoms with Crippen molar-refractivity contribution in [3.63, 3.8) is 0 Å². The Kier molecular flexibility index (Phi) is 2.66. The number of rotatable bonds is 0. The van der Waals surface area contributed by atoms with Gasteiger partial charge < -0.3 is 5.73 Å². The lowest BCUT2D eigenvalue weighted by atomic mass is 10.3. The predicted octanol–water partition coefficient (Wildman–Crippen LogP) is 0.788. The number of hydrogen-bond donors (Lipinski definition) is 1. The lowest BCUT2D eigenvalue weighted by Gasteiger charge is -1.83. The minimum Gasteiger partial charge on any atom is -0.399 e. The second kappa shape index (κ2) is 3.04. The smallest absolute Gasteiger partial charge is 0.0313 e. The van der Waals surface area contributed by atoms with Crippen LogP contribution in [0.15, 0.2) is 30.3 Å². The van der Waals surface area contributed by atoms with Gasteiger partial charge in [-0.2, -0.15) is 0 Å². The second-order valence-electron chi connectivity index (χ2n) is 1.41. The molecule has 41 valence electrons. The van der Waals surface area contributed by atoms with Crippen molar-refractivity contribution in [1.29, 1.82) is 0 Å². The number of para-hydroxylation sites is 1. The molecule has 2 nitrogen and oxygen atoms in total. The van der Waals surface area contributed by atoms with Crippen molar-refractivity contribution in [2.24, 2.45) is 0 Å². The third kappa shape index (κ3) is 1.62. The van der Waals surface area contributed by atoms with Gasteiger partial charge in [-0.15, -0.1) is 0 Å². The van der Waals surface area contributed by atoms with E-state index >= 15 is 0 Å². The summed E-state index contributed by atoms with van der Waals surface area (Å²) in [7, 11) is 0. The molecule has 2 heteroatoms. The van der Waals surface area contributed by atoms with E-state index < -0.39 is 0 Å². The number of nitrogens with two attached hydrogens (primary N) is 1. The zero-order valence-electron chi connectivity index (χ0n) is 4.41. The molecule has 0 amide bonds. The van der Waals surface area contributed by atoms with Gasteiger partial charge in [0.15, 0.2) is 0 Å². The van der Waals surface area contributed by atoms with Crippen LogP contribution in [0, 0.1) is 0 Å². The van der Waals surface area contributed by atoms with Gasteiger partial charge in [0.25, 0.3) is 0 Å². The summed E-state index contributed by atoms with van der Waals surface area (Å²) < 4.78 is 0. The van der Waals surface area contributed by atoms with Gasteiger partial charge in [-0.25, -0.2) is 0 Å². The first-order chi connectivity index (χ1) is 3.39. The summed E-state index contributed by atoms with van der Waals surface area (Å²) in [5.41, 5.74) is 6.18. The first-order valence-corrected chi connectivity index (χ1v) is 2.20. The van der Waals surface area contributed by atoms with Crippen molar-refractivity contribution >= 4 is 5.69 Å². The highest BCUT2D eigenvalue weighted by Crippen LogP contribution is 1.95. The van der Waals surface area contributed by atoms with E-state index in [0.717, 1.165) is 5.69 Å². The number of hydrogen-bond acceptors (Lipinski definition) is 1. The molecule has 3 radical (unpaired) electrons. The zero-order valence-corrected chi connectivity index (χ0v) is 4.41. The van der Waals surface area contributed by atoms with Gasteiger partial charge in [0.05, 0.1) is 0 Å². The van der Waals surface area contributed by atoms with Crippen molar-refractivity contribution in [3.05, 3.63) is 30.3 Å². The predicted molar refractivity (Wildman–Crippen MR) is 33.0 cm³/mol. The molecule has 0 aromatic heterocycles. The average molecular weight is 107 g/mol. The Balaban J connectivity index is 0.000000490. The van der Waals surface area contributed by atoms with E-state index in [4.69, 9.17) is 5.73 Å². The SMILES string of the molecule is Nc1ccccc1.[N]. The van der Waals surface area contributed by atoms with Crippen molar-refractivity contribution in [2.75, 3.05) is 5.73 Å². The van der Waals surface area contributed by atoms with E-state index in [9.17, 15) is 0 Å². The van der Waals surface area contributed by atoms with Crippen molar-refractivity contribution in [3.8, 4) is 0 Å². The van der Waals surface area contributed by atoms with E-state index in [0.29, 0.717) is 0 Å². The van der Waals surface area contributed by atoms with Crippen molar-refractivity contribution in [2.45, 2.75) is 0 Å². The van der Waals surface area contributed by atoms with Gasteiger partial charge in [0.2, 0.25) is 0 Å². The summed E-state index contributed by atoms with van der Waals surface area (Å²) in [6, 6.07) is 9.49. The highest BCUT2D eigenvalue weighted by atomic mass is 14.5. The molecule has 0 spiro atoms. The van der Waals surface area contributed by atoms with Gasteiger partial charge in [0.1, 0.15) is 0 Å². The lowest BCUT2D eigenvalue weighted by molar-refractivity contribution is 1.69. The molecule has 1 rings (SSSR count). The maximum atomic E-state index is 5.36. The third-order valence-corrected chi connectivity index (χ3v) is 0.800. The highest BCUT2D eigenvalue weighted by Gasteiger charge is 1.72. The maximum absolute atomic E-state index is 5.36. The average Bonchev–Trinajstić information content (AvgIpc) is 1.69. The third-order valence-electron chi connectivity index (χ3n) is 0.800. The van der Waals surface area contributed by atoms with Crippen LogP contribution in [0.3, 0.4) is 0 Å². The molecule has 8 heavy (non-hydrogen) atoms. The van der Waals surface area contributed by atoms with E-state index in [1.807, 2.05) is 30.3 Å². The molecule has 0 saturated carbocycles. The topological polar surface area (TPSA) is 56.5 Å². The molecule has 2 N–H and O–H groups in total. The fraction of sp³-hybridized carbons (Fsp3) is 0. The molecule has 0 aliphatic carbocycles. The van der Waals surface area contributed by atoms with Crippen LogP contribution in [-0.4, -0.2) is 0 Å². The molecule has 0 atom stereocenters. The van der Waals surface area contributed by atoms with Gasteiger partial charge >= 0.3 is 0 Å². The summed E-state index contributed by atoms with van der Waals surface area (Å²) in [4.78, 5) is 0. The Morgan fingerprint density at radius 3 is 1.75 bits per heavy atom. The Bertz CT molecular complexity index is 136. The molecule has 1 aromatic carbocycles. The molecule has 0 heterocycles. The number of nitrogen functional groups attached to an aromatic ring is 1. The van der Waals surface area contributed by atoms with Crippen LogP contribution < -0.4 is 11.9 Å². The lowest BCUT2D eigenvalue weighted by Crippen LogP contribution is -1.79. The Labute approximate surface area is 48.9 Å². The fourth-order valence-corrected chi connectivity index (χ4v) is 0.453. The normalized spacial score (nSPS) is 7.50.